The van der Waals surface area contributed by atoms with Gasteiger partial charge in [-0.1, -0.05) is 6.58 Å². The molecule has 0 saturated heterocycles. The molecule has 0 aromatic heterocycles. The van der Waals surface area contributed by atoms with Crippen LogP contribution in [-0.4, -0.2) is 50.9 Å². The van der Waals surface area contributed by atoms with E-state index in [9.17, 15) is 14.4 Å². The first-order valence-electron chi connectivity index (χ1n) is 6.12. The van der Waals surface area contributed by atoms with Crippen molar-refractivity contribution in [3.63, 3.8) is 0 Å². The fourth-order valence-electron chi connectivity index (χ4n) is 1.17. The van der Waals surface area contributed by atoms with Crippen LogP contribution in [0.2, 0.25) is 0 Å². The summed E-state index contributed by atoms with van der Waals surface area (Å²) in [5.41, 5.74) is 0. The lowest BCUT2D eigenvalue weighted by atomic mass is 10.4. The third kappa shape index (κ3) is 10.1. The molecule has 0 fully saturated rings. The highest BCUT2D eigenvalue weighted by molar-refractivity contribution is 5.81. The predicted molar refractivity (Wildman–Crippen MR) is 68.8 cm³/mol. The summed E-state index contributed by atoms with van der Waals surface area (Å²) in [6, 6.07) is 0. The number of ether oxygens (including phenoxy) is 4. The van der Waals surface area contributed by atoms with Crippen molar-refractivity contribution < 1.29 is 33.3 Å². The summed E-state index contributed by atoms with van der Waals surface area (Å²) in [6.07, 6.45) is 0.547. The van der Waals surface area contributed by atoms with E-state index < -0.39 is 17.9 Å². The van der Waals surface area contributed by atoms with Crippen molar-refractivity contribution in [1.29, 1.82) is 0 Å². The van der Waals surface area contributed by atoms with E-state index in [0.717, 1.165) is 6.08 Å². The topological polar surface area (TPSA) is 88.1 Å². The molecule has 1 unspecified atom stereocenters. The first kappa shape index (κ1) is 18.1. The Bertz CT molecular complexity index is 338. The zero-order valence-corrected chi connectivity index (χ0v) is 11.8. The van der Waals surface area contributed by atoms with Crippen molar-refractivity contribution in [2.45, 2.75) is 25.9 Å². The molecule has 7 nitrogen and oxygen atoms in total. The van der Waals surface area contributed by atoms with Crippen molar-refractivity contribution in [3.05, 3.63) is 12.7 Å². The summed E-state index contributed by atoms with van der Waals surface area (Å²) < 4.78 is 19.2. The first-order chi connectivity index (χ1) is 9.49. The summed E-state index contributed by atoms with van der Waals surface area (Å²) >= 11 is 0. The third-order valence-electron chi connectivity index (χ3n) is 2.02. The van der Waals surface area contributed by atoms with Crippen LogP contribution in [0.25, 0.3) is 0 Å². The van der Waals surface area contributed by atoms with Crippen LogP contribution in [0, 0.1) is 0 Å². The highest BCUT2D eigenvalue weighted by atomic mass is 16.6. The van der Waals surface area contributed by atoms with Gasteiger partial charge in [0, 0.05) is 13.2 Å². The molecule has 0 heterocycles. The van der Waals surface area contributed by atoms with E-state index in [4.69, 9.17) is 14.2 Å². The van der Waals surface area contributed by atoms with E-state index in [1.165, 1.54) is 7.11 Å². The lowest BCUT2D eigenvalue weighted by molar-refractivity contribution is -0.154. The molecule has 0 rings (SSSR count). The largest absolute Gasteiger partial charge is 0.465 e. The fourth-order valence-corrected chi connectivity index (χ4v) is 1.17. The summed E-state index contributed by atoms with van der Waals surface area (Å²) in [5.74, 6) is -1.63. The van der Waals surface area contributed by atoms with Gasteiger partial charge in [0.1, 0.15) is 19.3 Å². The smallest absolute Gasteiger partial charge is 0.330 e. The number of hydrogen-bond donors (Lipinski definition) is 0. The standard InChI is InChI=1S/C13H20O7/c1-4-11(14)18-7-5-12(15)19-8-6-13(16)20-10(2)9-17-3/h4,10H,1,5-9H2,2-3H3. The molecule has 0 spiro atoms. The second-order valence-corrected chi connectivity index (χ2v) is 3.85. The lowest BCUT2D eigenvalue weighted by Gasteiger charge is -2.12. The van der Waals surface area contributed by atoms with E-state index in [1.807, 2.05) is 0 Å². The molecule has 0 aliphatic rings. The fraction of sp³-hybridized carbons (Fsp3) is 0.615. The molecule has 0 N–H and O–H groups in total. The minimum absolute atomic E-state index is 0.0355. The molecule has 0 aliphatic carbocycles. The SMILES string of the molecule is C=CC(=O)OCCC(=O)OCCC(=O)OC(C)COC. The Morgan fingerprint density at radius 1 is 1.10 bits per heavy atom. The van der Waals surface area contributed by atoms with Crippen LogP contribution in [0.1, 0.15) is 19.8 Å². The third-order valence-corrected chi connectivity index (χ3v) is 2.02. The number of carbonyl (C=O) groups excluding carboxylic acids is 3. The monoisotopic (exact) mass is 288 g/mol. The van der Waals surface area contributed by atoms with Crippen LogP contribution in [0.4, 0.5) is 0 Å². The van der Waals surface area contributed by atoms with Crippen molar-refractivity contribution >= 4 is 17.9 Å². The second-order valence-electron chi connectivity index (χ2n) is 3.85. The lowest BCUT2D eigenvalue weighted by Crippen LogP contribution is -2.21. The number of hydrogen-bond acceptors (Lipinski definition) is 7. The van der Waals surface area contributed by atoms with Gasteiger partial charge in [-0.05, 0) is 6.92 Å². The maximum absolute atomic E-state index is 11.3. The van der Waals surface area contributed by atoms with Crippen LogP contribution < -0.4 is 0 Å². The predicted octanol–water partition coefficient (Wildman–Crippen LogP) is 0.617. The molecular weight excluding hydrogens is 268 g/mol. The van der Waals surface area contributed by atoms with Gasteiger partial charge in [-0.15, -0.1) is 0 Å². The average Bonchev–Trinajstić information content (AvgIpc) is 2.38. The van der Waals surface area contributed by atoms with Crippen LogP contribution in [0.5, 0.6) is 0 Å². The Morgan fingerprint density at radius 3 is 2.30 bits per heavy atom. The number of rotatable bonds is 10. The molecule has 0 aromatic carbocycles. The number of methoxy groups -OCH3 is 1. The van der Waals surface area contributed by atoms with Crippen LogP contribution in [0.3, 0.4) is 0 Å². The molecule has 0 aromatic rings. The van der Waals surface area contributed by atoms with E-state index in [1.54, 1.807) is 6.92 Å². The van der Waals surface area contributed by atoms with Crippen molar-refractivity contribution in [1.82, 2.24) is 0 Å². The van der Waals surface area contributed by atoms with Gasteiger partial charge in [0.15, 0.2) is 0 Å². The summed E-state index contributed by atoms with van der Waals surface area (Å²) in [4.78, 5) is 33.2. The molecule has 0 bridgehead atoms. The molecule has 0 aliphatic heterocycles. The van der Waals surface area contributed by atoms with E-state index in [0.29, 0.717) is 6.61 Å². The average molecular weight is 288 g/mol. The van der Waals surface area contributed by atoms with Gasteiger partial charge in [0.25, 0.3) is 0 Å². The highest BCUT2D eigenvalue weighted by Crippen LogP contribution is 1.97. The second kappa shape index (κ2) is 11.0. The minimum Gasteiger partial charge on any atom is -0.465 e. The van der Waals surface area contributed by atoms with Crippen LogP contribution in [0.15, 0.2) is 12.7 Å². The molecular formula is C13H20O7. The quantitative estimate of drug-likeness (QED) is 0.331. The number of carbonyl (C=O) groups is 3. The zero-order valence-electron chi connectivity index (χ0n) is 11.8. The molecule has 20 heavy (non-hydrogen) atoms. The van der Waals surface area contributed by atoms with Crippen LogP contribution in [-0.2, 0) is 33.3 Å². The Kier molecular flexibility index (Phi) is 9.94. The van der Waals surface area contributed by atoms with Gasteiger partial charge in [0.2, 0.25) is 0 Å². The van der Waals surface area contributed by atoms with Crippen LogP contribution >= 0.6 is 0 Å². The van der Waals surface area contributed by atoms with Gasteiger partial charge < -0.3 is 18.9 Å². The zero-order chi connectivity index (χ0) is 15.4. The Morgan fingerprint density at radius 2 is 1.70 bits per heavy atom. The highest BCUT2D eigenvalue weighted by Gasteiger charge is 2.11. The summed E-state index contributed by atoms with van der Waals surface area (Å²) in [5, 5.41) is 0. The molecule has 1 atom stereocenters. The van der Waals surface area contributed by atoms with Crippen molar-refractivity contribution in [2.75, 3.05) is 26.9 Å². The molecule has 0 radical (unpaired) electrons. The Hall–Kier alpha value is -1.89. The van der Waals surface area contributed by atoms with Crippen molar-refractivity contribution in [3.8, 4) is 0 Å². The van der Waals surface area contributed by atoms with E-state index in [2.05, 4.69) is 11.3 Å². The Balaban J connectivity index is 3.62. The maximum atomic E-state index is 11.3. The van der Waals surface area contributed by atoms with E-state index in [-0.39, 0.29) is 32.2 Å². The molecule has 7 heteroatoms. The van der Waals surface area contributed by atoms with Crippen molar-refractivity contribution in [2.24, 2.45) is 0 Å². The van der Waals surface area contributed by atoms with Gasteiger partial charge in [0.05, 0.1) is 19.4 Å². The minimum atomic E-state index is -0.603. The number of esters is 3. The molecule has 114 valence electrons. The van der Waals surface area contributed by atoms with Gasteiger partial charge in [-0.25, -0.2) is 4.79 Å². The maximum Gasteiger partial charge on any atom is 0.330 e. The van der Waals surface area contributed by atoms with Gasteiger partial charge >= 0.3 is 17.9 Å². The van der Waals surface area contributed by atoms with E-state index >= 15 is 0 Å². The van der Waals surface area contributed by atoms with Gasteiger partial charge in [-0.2, -0.15) is 0 Å². The normalized spacial score (nSPS) is 11.3. The summed E-state index contributed by atoms with van der Waals surface area (Å²) in [6.45, 7) is 5.05. The first-order valence-corrected chi connectivity index (χ1v) is 6.12. The van der Waals surface area contributed by atoms with Gasteiger partial charge in [-0.3, -0.25) is 9.59 Å². The Labute approximate surface area is 117 Å². The molecule has 0 amide bonds. The molecule has 0 saturated carbocycles. The summed E-state index contributed by atoms with van der Waals surface area (Å²) in [7, 11) is 1.51.